The number of benzene rings is 2. The molecule has 4 rings (SSSR count). The third-order valence-corrected chi connectivity index (χ3v) is 6.61. The van der Waals surface area contributed by atoms with Crippen molar-refractivity contribution >= 4 is 28.2 Å². The van der Waals surface area contributed by atoms with Gasteiger partial charge in [-0.2, -0.15) is 0 Å². The van der Waals surface area contributed by atoms with E-state index in [4.69, 9.17) is 15.2 Å². The summed E-state index contributed by atoms with van der Waals surface area (Å²) in [5, 5.41) is 4.13. The molecule has 2 aromatic carbocycles. The topological polar surface area (TPSA) is 89.7 Å². The molecule has 34 heavy (non-hydrogen) atoms. The van der Waals surface area contributed by atoms with E-state index in [0.717, 1.165) is 29.6 Å². The van der Waals surface area contributed by atoms with Crippen LogP contribution >= 0.6 is 0 Å². The number of methoxy groups -OCH3 is 1. The number of aryl methyl sites for hydroxylation is 1. The van der Waals surface area contributed by atoms with Crippen molar-refractivity contribution in [1.82, 2.24) is 9.88 Å². The van der Waals surface area contributed by atoms with Crippen molar-refractivity contribution < 1.29 is 14.3 Å². The molecule has 1 aromatic heterocycles. The van der Waals surface area contributed by atoms with Crippen molar-refractivity contribution in [1.29, 1.82) is 0 Å². The summed E-state index contributed by atoms with van der Waals surface area (Å²) in [5.74, 6) is 0.690. The molecule has 3 N–H and O–H groups in total. The highest BCUT2D eigenvalue weighted by Crippen LogP contribution is 2.37. The van der Waals surface area contributed by atoms with Gasteiger partial charge in [0.1, 0.15) is 0 Å². The smallest absolute Gasteiger partial charge is 0.252 e. The number of hydrogen-bond donors (Lipinski definition) is 2. The SMILES string of the molecule is COc1cc2c(Nc3ccccc3C)c(C(N)=O)cnc2cc1OCCCN1CCCCC1C. The maximum absolute atomic E-state index is 12.2. The van der Waals surface area contributed by atoms with Crippen molar-refractivity contribution in [3.63, 3.8) is 0 Å². The Morgan fingerprint density at radius 1 is 1.24 bits per heavy atom. The number of carbonyl (C=O) groups excluding carboxylic acids is 1. The van der Waals surface area contributed by atoms with Crippen LogP contribution in [0.15, 0.2) is 42.6 Å². The lowest BCUT2D eigenvalue weighted by Gasteiger charge is -2.33. The van der Waals surface area contributed by atoms with E-state index < -0.39 is 5.91 Å². The first-order chi connectivity index (χ1) is 16.5. The predicted molar refractivity (Wildman–Crippen MR) is 136 cm³/mol. The number of nitrogens with zero attached hydrogens (tertiary/aromatic N) is 2. The van der Waals surface area contributed by atoms with Gasteiger partial charge in [-0.1, -0.05) is 24.6 Å². The molecule has 1 atom stereocenters. The van der Waals surface area contributed by atoms with E-state index in [2.05, 4.69) is 22.1 Å². The van der Waals surface area contributed by atoms with Crippen molar-refractivity contribution in [2.24, 2.45) is 5.73 Å². The van der Waals surface area contributed by atoms with Crippen LogP contribution in [0.2, 0.25) is 0 Å². The van der Waals surface area contributed by atoms with Crippen LogP contribution in [0, 0.1) is 6.92 Å². The van der Waals surface area contributed by atoms with Crippen LogP contribution in [0.5, 0.6) is 11.5 Å². The van der Waals surface area contributed by atoms with Gasteiger partial charge in [0.15, 0.2) is 11.5 Å². The minimum atomic E-state index is -0.545. The molecule has 2 heterocycles. The molecule has 1 saturated heterocycles. The van der Waals surface area contributed by atoms with Gasteiger partial charge in [0.05, 0.1) is 30.5 Å². The third-order valence-electron chi connectivity index (χ3n) is 6.61. The zero-order valence-electron chi connectivity index (χ0n) is 20.3. The summed E-state index contributed by atoms with van der Waals surface area (Å²) < 4.78 is 11.8. The summed E-state index contributed by atoms with van der Waals surface area (Å²) in [4.78, 5) is 19.2. The van der Waals surface area contributed by atoms with Gasteiger partial charge < -0.3 is 25.4 Å². The van der Waals surface area contributed by atoms with Crippen molar-refractivity contribution in [2.45, 2.75) is 45.6 Å². The molecule has 0 spiro atoms. The van der Waals surface area contributed by atoms with E-state index in [1.165, 1.54) is 32.0 Å². The molecular formula is C27H34N4O3. The fourth-order valence-corrected chi connectivity index (χ4v) is 4.58. The molecule has 1 aliphatic rings. The standard InChI is InChI=1S/C27H34N4O3/c1-18-9-4-5-11-22(18)30-26-20-15-24(33-3)25(16-23(20)29-17-21(26)27(28)32)34-14-8-13-31-12-7-6-10-19(31)2/h4-5,9,11,15-17,19H,6-8,10,12-14H2,1-3H3,(H2,28,32)(H,29,30). The monoisotopic (exact) mass is 462 g/mol. The largest absolute Gasteiger partial charge is 0.493 e. The van der Waals surface area contributed by atoms with E-state index in [-0.39, 0.29) is 0 Å². The molecule has 1 amide bonds. The first kappa shape index (κ1) is 23.8. The Hall–Kier alpha value is -3.32. The van der Waals surface area contributed by atoms with Crippen LogP contribution < -0.4 is 20.5 Å². The Bertz CT molecular complexity index is 1160. The first-order valence-electron chi connectivity index (χ1n) is 12.0. The Balaban J connectivity index is 1.58. The molecule has 0 bridgehead atoms. The first-order valence-corrected chi connectivity index (χ1v) is 12.0. The molecule has 3 aromatic rings. The number of primary amides is 1. The lowest BCUT2D eigenvalue weighted by molar-refractivity contribution is 0.100. The van der Waals surface area contributed by atoms with E-state index in [1.54, 1.807) is 7.11 Å². The molecule has 0 radical (unpaired) electrons. The molecule has 1 aliphatic heterocycles. The zero-order chi connectivity index (χ0) is 24.1. The number of nitrogens with two attached hydrogens (primary N) is 1. The van der Waals surface area contributed by atoms with E-state index in [9.17, 15) is 4.79 Å². The second-order valence-corrected chi connectivity index (χ2v) is 8.95. The van der Waals surface area contributed by atoms with Gasteiger partial charge in [-0.15, -0.1) is 0 Å². The fourth-order valence-electron chi connectivity index (χ4n) is 4.58. The average Bonchev–Trinajstić information content (AvgIpc) is 2.83. The van der Waals surface area contributed by atoms with E-state index >= 15 is 0 Å². The van der Waals surface area contributed by atoms with E-state index in [1.807, 2.05) is 43.3 Å². The fraction of sp³-hybridized carbons (Fsp3) is 0.407. The molecule has 180 valence electrons. The van der Waals surface area contributed by atoms with Crippen LogP contribution in [0.1, 0.15) is 48.5 Å². The Morgan fingerprint density at radius 2 is 2.06 bits per heavy atom. The highest BCUT2D eigenvalue weighted by molar-refractivity contribution is 6.08. The highest BCUT2D eigenvalue weighted by atomic mass is 16.5. The zero-order valence-corrected chi connectivity index (χ0v) is 20.3. The Kier molecular flexibility index (Phi) is 7.53. The third kappa shape index (κ3) is 5.25. The maximum Gasteiger partial charge on any atom is 0.252 e. The molecule has 0 aliphatic carbocycles. The number of aromatic nitrogens is 1. The normalized spacial score (nSPS) is 16.4. The van der Waals surface area contributed by atoms with Gasteiger partial charge in [-0.05, 0) is 57.4 Å². The van der Waals surface area contributed by atoms with Gasteiger partial charge in [0.2, 0.25) is 0 Å². The quantitative estimate of drug-likeness (QED) is 0.433. The number of fused-ring (bicyclic) bond motifs is 1. The number of nitrogens with one attached hydrogen (secondary N) is 1. The molecule has 1 fully saturated rings. The number of rotatable bonds is 9. The number of ether oxygens (including phenoxy) is 2. The van der Waals surface area contributed by atoms with Crippen molar-refractivity contribution in [2.75, 3.05) is 32.1 Å². The number of amides is 1. The van der Waals surface area contributed by atoms with Crippen LogP contribution in [-0.2, 0) is 0 Å². The second-order valence-electron chi connectivity index (χ2n) is 8.95. The molecule has 7 heteroatoms. The molecular weight excluding hydrogens is 428 g/mol. The van der Waals surface area contributed by atoms with Gasteiger partial charge >= 0.3 is 0 Å². The van der Waals surface area contributed by atoms with Gasteiger partial charge in [0.25, 0.3) is 5.91 Å². The number of anilines is 2. The Morgan fingerprint density at radius 3 is 2.79 bits per heavy atom. The predicted octanol–water partition coefficient (Wildman–Crippen LogP) is 5.04. The van der Waals surface area contributed by atoms with Gasteiger partial charge in [-0.25, -0.2) is 0 Å². The lowest BCUT2D eigenvalue weighted by Crippen LogP contribution is -2.38. The number of likely N-dealkylation sites (tertiary alicyclic amines) is 1. The average molecular weight is 463 g/mol. The van der Waals surface area contributed by atoms with E-state index in [0.29, 0.717) is 40.9 Å². The number of piperidine rings is 1. The lowest BCUT2D eigenvalue weighted by atomic mass is 10.0. The van der Waals surface area contributed by atoms with Crippen molar-refractivity contribution in [3.05, 3.63) is 53.7 Å². The number of para-hydroxylation sites is 1. The minimum Gasteiger partial charge on any atom is -0.493 e. The van der Waals surface area contributed by atoms with Crippen LogP contribution in [-0.4, -0.2) is 48.6 Å². The van der Waals surface area contributed by atoms with Gasteiger partial charge in [0, 0.05) is 35.9 Å². The van der Waals surface area contributed by atoms with Crippen LogP contribution in [0.25, 0.3) is 10.9 Å². The summed E-state index contributed by atoms with van der Waals surface area (Å²) in [5.41, 5.74) is 9.24. The molecule has 1 unspecified atom stereocenters. The second kappa shape index (κ2) is 10.7. The summed E-state index contributed by atoms with van der Waals surface area (Å²) in [6.07, 6.45) is 6.34. The summed E-state index contributed by atoms with van der Waals surface area (Å²) in [6.45, 7) is 7.11. The summed E-state index contributed by atoms with van der Waals surface area (Å²) in [7, 11) is 1.61. The number of pyridine rings is 1. The summed E-state index contributed by atoms with van der Waals surface area (Å²) >= 11 is 0. The minimum absolute atomic E-state index is 0.321. The number of hydrogen-bond acceptors (Lipinski definition) is 6. The van der Waals surface area contributed by atoms with Crippen LogP contribution in [0.3, 0.4) is 0 Å². The molecule has 7 nitrogen and oxygen atoms in total. The van der Waals surface area contributed by atoms with Gasteiger partial charge in [-0.3, -0.25) is 9.78 Å². The highest BCUT2D eigenvalue weighted by Gasteiger charge is 2.19. The van der Waals surface area contributed by atoms with Crippen LogP contribution in [0.4, 0.5) is 11.4 Å². The Labute approximate surface area is 201 Å². The molecule has 0 saturated carbocycles. The number of carbonyl (C=O) groups is 1. The summed E-state index contributed by atoms with van der Waals surface area (Å²) in [6, 6.07) is 12.3. The van der Waals surface area contributed by atoms with Crippen molar-refractivity contribution in [3.8, 4) is 11.5 Å². The maximum atomic E-state index is 12.2.